The summed E-state index contributed by atoms with van der Waals surface area (Å²) in [4.78, 5) is 0.318. The third-order valence-electron chi connectivity index (χ3n) is 4.67. The van der Waals surface area contributed by atoms with E-state index in [0.29, 0.717) is 4.90 Å². The zero-order valence-electron chi connectivity index (χ0n) is 10.7. The van der Waals surface area contributed by atoms with Gasteiger partial charge in [-0.25, -0.2) is 8.42 Å². The quantitative estimate of drug-likeness (QED) is 0.778. The van der Waals surface area contributed by atoms with Gasteiger partial charge in [0, 0.05) is 0 Å². The second-order valence-corrected chi connectivity index (χ2v) is 7.86. The highest BCUT2D eigenvalue weighted by Gasteiger charge is 2.61. The molecule has 4 heteroatoms. The van der Waals surface area contributed by atoms with Crippen molar-refractivity contribution >= 4 is 9.84 Å². The number of nitriles is 1. The average Bonchev–Trinajstić information content (AvgIpc) is 2.99. The maximum atomic E-state index is 12.9. The molecule has 1 fully saturated rings. The normalized spacial score (nSPS) is 36.3. The molecule has 1 aromatic carbocycles. The second kappa shape index (κ2) is 3.94. The molecule has 0 N–H and O–H groups in total. The van der Waals surface area contributed by atoms with Crippen molar-refractivity contribution in [2.45, 2.75) is 23.0 Å². The number of fused-ring (bicyclic) bond motifs is 2. The first kappa shape index (κ1) is 12.4. The molecule has 3 nitrogen and oxygen atoms in total. The van der Waals surface area contributed by atoms with E-state index < -0.39 is 20.5 Å². The molecule has 0 aliphatic heterocycles. The van der Waals surface area contributed by atoms with E-state index in [0.717, 1.165) is 6.42 Å². The van der Waals surface area contributed by atoms with Gasteiger partial charge < -0.3 is 0 Å². The molecule has 0 unspecified atom stereocenters. The third-order valence-corrected chi connectivity index (χ3v) is 7.28. The summed E-state index contributed by atoms with van der Waals surface area (Å²) in [6, 6.07) is 10.7. The number of hydrogen-bond donors (Lipinski definition) is 0. The first-order chi connectivity index (χ1) is 9.01. The summed E-state index contributed by atoms with van der Waals surface area (Å²) >= 11 is 0. The smallest absolute Gasteiger partial charge is 0.185 e. The predicted octanol–water partition coefficient (Wildman–Crippen LogP) is 2.56. The van der Waals surface area contributed by atoms with Crippen molar-refractivity contribution in [3.05, 3.63) is 42.5 Å². The minimum absolute atomic E-state index is 0.0487. The van der Waals surface area contributed by atoms with Crippen molar-refractivity contribution in [3.63, 3.8) is 0 Å². The van der Waals surface area contributed by atoms with Crippen LogP contribution in [-0.4, -0.2) is 13.2 Å². The summed E-state index contributed by atoms with van der Waals surface area (Å²) in [6.45, 7) is 1.73. The van der Waals surface area contributed by atoms with Crippen molar-refractivity contribution in [2.24, 2.45) is 17.8 Å². The lowest BCUT2D eigenvalue weighted by Gasteiger charge is -2.34. The topological polar surface area (TPSA) is 57.9 Å². The number of sulfone groups is 1. The van der Waals surface area contributed by atoms with Crippen molar-refractivity contribution in [1.82, 2.24) is 0 Å². The maximum absolute atomic E-state index is 12.9. The summed E-state index contributed by atoms with van der Waals surface area (Å²) in [6.07, 6.45) is 4.75. The molecule has 3 rings (SSSR count). The highest BCUT2D eigenvalue weighted by atomic mass is 32.2. The molecule has 0 radical (unpaired) electrons. The van der Waals surface area contributed by atoms with Gasteiger partial charge in [0.15, 0.2) is 9.84 Å². The minimum atomic E-state index is -3.50. The molecule has 1 saturated carbocycles. The summed E-state index contributed by atoms with van der Waals surface area (Å²) in [5, 5.41) is 9.39. The molecule has 98 valence electrons. The fraction of sp³-hybridized carbons (Fsp3) is 0.400. The van der Waals surface area contributed by atoms with Crippen molar-refractivity contribution in [2.75, 3.05) is 0 Å². The molecule has 0 saturated heterocycles. The third kappa shape index (κ3) is 1.45. The van der Waals surface area contributed by atoms with Crippen molar-refractivity contribution in [3.8, 4) is 6.07 Å². The van der Waals surface area contributed by atoms with Gasteiger partial charge in [-0.1, -0.05) is 30.4 Å². The molecule has 2 bridgehead atoms. The number of benzene rings is 1. The molecule has 19 heavy (non-hydrogen) atoms. The van der Waals surface area contributed by atoms with Crippen LogP contribution >= 0.6 is 0 Å². The van der Waals surface area contributed by atoms with Gasteiger partial charge in [-0.05, 0) is 37.3 Å². The average molecular weight is 273 g/mol. The van der Waals surface area contributed by atoms with E-state index in [1.165, 1.54) is 0 Å². The Labute approximate surface area is 113 Å². The summed E-state index contributed by atoms with van der Waals surface area (Å²) in [5.74, 6) is -0.418. The van der Waals surface area contributed by atoms with E-state index in [1.54, 1.807) is 37.3 Å². The van der Waals surface area contributed by atoms with Crippen LogP contribution in [-0.2, 0) is 9.84 Å². The van der Waals surface area contributed by atoms with Gasteiger partial charge in [-0.2, -0.15) is 5.26 Å². The molecule has 2 aliphatic carbocycles. The molecule has 0 heterocycles. The van der Waals surface area contributed by atoms with Crippen LogP contribution in [0.5, 0.6) is 0 Å². The van der Waals surface area contributed by atoms with E-state index in [-0.39, 0.29) is 11.8 Å². The SMILES string of the molecule is C[C@@]1(S(=O)(=O)c2ccccc2)[C@@H]2C=C[C@@H](C2)[C@H]1C#N. The van der Waals surface area contributed by atoms with E-state index in [1.807, 2.05) is 12.2 Å². The Hall–Kier alpha value is -1.60. The van der Waals surface area contributed by atoms with E-state index in [2.05, 4.69) is 6.07 Å². The Balaban J connectivity index is 2.16. The van der Waals surface area contributed by atoms with E-state index >= 15 is 0 Å². The molecular weight excluding hydrogens is 258 g/mol. The molecule has 2 aliphatic rings. The Kier molecular flexibility index (Phi) is 2.58. The first-order valence-corrected chi connectivity index (χ1v) is 7.87. The lowest BCUT2D eigenvalue weighted by atomic mass is 9.84. The van der Waals surface area contributed by atoms with Crippen LogP contribution in [0.25, 0.3) is 0 Å². The molecule has 0 spiro atoms. The van der Waals surface area contributed by atoms with Crippen LogP contribution in [0.2, 0.25) is 0 Å². The molecule has 0 aromatic heterocycles. The first-order valence-electron chi connectivity index (χ1n) is 6.39. The van der Waals surface area contributed by atoms with Gasteiger partial charge in [0.25, 0.3) is 0 Å². The highest BCUT2D eigenvalue weighted by Crippen LogP contribution is 2.55. The van der Waals surface area contributed by atoms with Crippen LogP contribution in [0.4, 0.5) is 0 Å². The Bertz CT molecular complexity index is 672. The van der Waals surface area contributed by atoms with E-state index in [9.17, 15) is 13.7 Å². The van der Waals surface area contributed by atoms with Crippen LogP contribution in [0.1, 0.15) is 13.3 Å². The second-order valence-electron chi connectivity index (χ2n) is 5.50. The number of nitrogens with zero attached hydrogens (tertiary/aromatic N) is 1. The van der Waals surface area contributed by atoms with E-state index in [4.69, 9.17) is 0 Å². The van der Waals surface area contributed by atoms with Crippen LogP contribution in [0.15, 0.2) is 47.4 Å². The number of hydrogen-bond acceptors (Lipinski definition) is 3. The zero-order valence-corrected chi connectivity index (χ0v) is 11.5. The van der Waals surface area contributed by atoms with Gasteiger partial charge in [-0.3, -0.25) is 0 Å². The van der Waals surface area contributed by atoms with Gasteiger partial charge in [0.2, 0.25) is 0 Å². The largest absolute Gasteiger partial charge is 0.223 e. The van der Waals surface area contributed by atoms with Gasteiger partial charge in [0.1, 0.15) is 0 Å². The minimum Gasteiger partial charge on any atom is -0.223 e. The fourth-order valence-electron chi connectivity index (χ4n) is 3.50. The number of allylic oxidation sites excluding steroid dienone is 2. The summed E-state index contributed by atoms with van der Waals surface area (Å²) in [5.41, 5.74) is 0. The fourth-order valence-corrected chi connectivity index (χ4v) is 5.66. The maximum Gasteiger partial charge on any atom is 0.185 e. The number of rotatable bonds is 2. The van der Waals surface area contributed by atoms with Crippen LogP contribution in [0.3, 0.4) is 0 Å². The molecular formula is C15H15NO2S. The lowest BCUT2D eigenvalue weighted by Crippen LogP contribution is -2.45. The van der Waals surface area contributed by atoms with Crippen LogP contribution in [0, 0.1) is 29.1 Å². The predicted molar refractivity (Wildman–Crippen MR) is 71.9 cm³/mol. The highest BCUT2D eigenvalue weighted by molar-refractivity contribution is 7.92. The Morgan fingerprint density at radius 1 is 1.26 bits per heavy atom. The van der Waals surface area contributed by atoms with Gasteiger partial charge in [0.05, 0.1) is 21.6 Å². The monoisotopic (exact) mass is 273 g/mol. The standard InChI is InChI=1S/C15H15NO2S/c1-15(12-8-7-11(9-12)14(15)10-16)19(17,18)13-5-3-2-4-6-13/h2-8,11-12,14H,9H2,1H3/t11-,12+,14+,15+/m0/s1. The Morgan fingerprint density at radius 2 is 1.95 bits per heavy atom. The van der Waals surface area contributed by atoms with Gasteiger partial charge >= 0.3 is 0 Å². The van der Waals surface area contributed by atoms with Gasteiger partial charge in [-0.15, -0.1) is 0 Å². The van der Waals surface area contributed by atoms with Crippen molar-refractivity contribution < 1.29 is 8.42 Å². The lowest BCUT2D eigenvalue weighted by molar-refractivity contribution is 0.419. The zero-order chi connectivity index (χ0) is 13.7. The molecule has 4 atom stereocenters. The Morgan fingerprint density at radius 3 is 2.58 bits per heavy atom. The summed E-state index contributed by atoms with van der Waals surface area (Å²) < 4.78 is 24.9. The summed E-state index contributed by atoms with van der Waals surface area (Å²) in [7, 11) is -3.50. The van der Waals surface area contributed by atoms with Crippen molar-refractivity contribution in [1.29, 1.82) is 5.26 Å². The molecule has 1 aromatic rings. The molecule has 0 amide bonds. The van der Waals surface area contributed by atoms with Crippen LogP contribution < -0.4 is 0 Å².